The first-order valence-corrected chi connectivity index (χ1v) is 9.93. The first-order valence-electron chi connectivity index (χ1n) is 9.93. The van der Waals surface area contributed by atoms with Crippen LogP contribution >= 0.6 is 0 Å². The van der Waals surface area contributed by atoms with Gasteiger partial charge in [-0.1, -0.05) is 36.4 Å². The van der Waals surface area contributed by atoms with Crippen LogP contribution in [0.15, 0.2) is 53.5 Å². The summed E-state index contributed by atoms with van der Waals surface area (Å²) in [7, 11) is 5.82. The average Bonchev–Trinajstić information content (AvgIpc) is 3.05. The number of guanidine groups is 1. The van der Waals surface area contributed by atoms with Gasteiger partial charge in [-0.05, 0) is 31.0 Å². The third-order valence-electron chi connectivity index (χ3n) is 5.18. The summed E-state index contributed by atoms with van der Waals surface area (Å²) in [5.74, 6) is 1.79. The Balaban J connectivity index is 1.51. The van der Waals surface area contributed by atoms with Crippen molar-refractivity contribution in [2.24, 2.45) is 4.99 Å². The molecule has 2 atom stereocenters. The minimum absolute atomic E-state index is 0.394. The fourth-order valence-corrected chi connectivity index (χ4v) is 3.62. The number of nitrogens with one attached hydrogen (secondary N) is 2. The van der Waals surface area contributed by atoms with Crippen LogP contribution in [0.5, 0.6) is 0 Å². The van der Waals surface area contributed by atoms with Crippen molar-refractivity contribution < 1.29 is 0 Å². The first-order chi connectivity index (χ1) is 13.5. The molecule has 0 spiro atoms. The number of aromatic nitrogens is 1. The van der Waals surface area contributed by atoms with Crippen LogP contribution in [0.2, 0.25) is 0 Å². The van der Waals surface area contributed by atoms with Gasteiger partial charge in [-0.25, -0.2) is 4.98 Å². The summed E-state index contributed by atoms with van der Waals surface area (Å²) in [5, 5.41) is 6.98. The lowest BCUT2D eigenvalue weighted by Gasteiger charge is -2.21. The van der Waals surface area contributed by atoms with E-state index in [-0.39, 0.29) is 0 Å². The van der Waals surface area contributed by atoms with Crippen LogP contribution in [0, 0.1) is 0 Å². The molecule has 1 aliphatic heterocycles. The zero-order valence-corrected chi connectivity index (χ0v) is 17.4. The molecule has 6 heteroatoms. The average molecular weight is 381 g/mol. The summed E-state index contributed by atoms with van der Waals surface area (Å²) in [6, 6.07) is 17.7. The molecule has 0 radical (unpaired) electrons. The van der Waals surface area contributed by atoms with Gasteiger partial charge in [0.2, 0.25) is 0 Å². The number of rotatable bonds is 6. The van der Waals surface area contributed by atoms with Crippen molar-refractivity contribution in [3.63, 3.8) is 0 Å². The Labute approximate surface area is 168 Å². The van der Waals surface area contributed by atoms with Crippen molar-refractivity contribution in [2.45, 2.75) is 38.5 Å². The number of aliphatic imine (C=N–C) groups is 1. The van der Waals surface area contributed by atoms with Gasteiger partial charge in [-0.2, -0.15) is 0 Å². The van der Waals surface area contributed by atoms with Crippen LogP contribution in [-0.2, 0) is 13.1 Å². The molecule has 2 N–H and O–H groups in total. The third-order valence-corrected chi connectivity index (χ3v) is 5.18. The Morgan fingerprint density at radius 2 is 1.96 bits per heavy atom. The Morgan fingerprint density at radius 1 is 1.18 bits per heavy atom. The normalized spacial score (nSPS) is 20.2. The number of nitrogens with zero attached hydrogens (tertiary/aromatic N) is 4. The molecule has 3 rings (SSSR count). The molecule has 0 bridgehead atoms. The summed E-state index contributed by atoms with van der Waals surface area (Å²) in [5.41, 5.74) is 2.36. The highest BCUT2D eigenvalue weighted by Crippen LogP contribution is 2.20. The van der Waals surface area contributed by atoms with Gasteiger partial charge in [-0.3, -0.25) is 9.89 Å². The molecule has 2 aromatic rings. The van der Waals surface area contributed by atoms with E-state index in [0.29, 0.717) is 18.6 Å². The van der Waals surface area contributed by atoms with E-state index in [1.54, 1.807) is 0 Å². The Bertz CT molecular complexity index is 774. The van der Waals surface area contributed by atoms with Crippen LogP contribution in [-0.4, -0.2) is 55.6 Å². The van der Waals surface area contributed by atoms with Gasteiger partial charge < -0.3 is 15.5 Å². The Kier molecular flexibility index (Phi) is 6.87. The zero-order chi connectivity index (χ0) is 19.9. The number of hydrogen-bond acceptors (Lipinski definition) is 4. The van der Waals surface area contributed by atoms with Crippen LogP contribution in [0.1, 0.15) is 24.6 Å². The zero-order valence-electron chi connectivity index (χ0n) is 17.4. The molecule has 1 aromatic carbocycles. The number of pyridine rings is 1. The fourth-order valence-electron chi connectivity index (χ4n) is 3.62. The smallest absolute Gasteiger partial charge is 0.191 e. The maximum Gasteiger partial charge on any atom is 0.191 e. The lowest BCUT2D eigenvalue weighted by atomic mass is 10.2. The van der Waals surface area contributed by atoms with E-state index in [4.69, 9.17) is 0 Å². The van der Waals surface area contributed by atoms with E-state index in [2.05, 4.69) is 62.8 Å². The van der Waals surface area contributed by atoms with Gasteiger partial charge >= 0.3 is 0 Å². The number of hydrogen-bond donors (Lipinski definition) is 2. The lowest BCUT2D eigenvalue weighted by Crippen LogP contribution is -2.44. The molecule has 1 aromatic heterocycles. The van der Waals surface area contributed by atoms with E-state index < -0.39 is 0 Å². The van der Waals surface area contributed by atoms with Crippen molar-refractivity contribution in [1.29, 1.82) is 0 Å². The second-order valence-electron chi connectivity index (χ2n) is 7.65. The SMILES string of the molecule is CN=C(NCc1cccc(N(C)C)n1)NC1CC(C)N(Cc2ccccc2)C1. The van der Waals surface area contributed by atoms with Gasteiger partial charge in [0, 0.05) is 46.3 Å². The first kappa shape index (κ1) is 20.1. The van der Waals surface area contributed by atoms with Crippen molar-refractivity contribution in [3.05, 3.63) is 59.8 Å². The van der Waals surface area contributed by atoms with Gasteiger partial charge in [0.05, 0.1) is 12.2 Å². The van der Waals surface area contributed by atoms with Crippen LogP contribution in [0.3, 0.4) is 0 Å². The second-order valence-corrected chi connectivity index (χ2v) is 7.65. The lowest BCUT2D eigenvalue weighted by molar-refractivity contribution is 0.258. The molecule has 1 saturated heterocycles. The second kappa shape index (κ2) is 9.55. The molecule has 0 saturated carbocycles. The molecular weight excluding hydrogens is 348 g/mol. The number of anilines is 1. The number of benzene rings is 1. The molecular formula is C22H32N6. The maximum absolute atomic E-state index is 4.65. The van der Waals surface area contributed by atoms with Crippen LogP contribution < -0.4 is 15.5 Å². The predicted molar refractivity (Wildman–Crippen MR) is 117 cm³/mol. The highest BCUT2D eigenvalue weighted by atomic mass is 15.3. The van der Waals surface area contributed by atoms with Crippen molar-refractivity contribution >= 4 is 11.8 Å². The van der Waals surface area contributed by atoms with Crippen molar-refractivity contribution in [1.82, 2.24) is 20.5 Å². The largest absolute Gasteiger partial charge is 0.363 e. The Morgan fingerprint density at radius 3 is 2.68 bits per heavy atom. The predicted octanol–water partition coefficient (Wildman–Crippen LogP) is 2.48. The van der Waals surface area contributed by atoms with Gasteiger partial charge in [0.1, 0.15) is 5.82 Å². The summed E-state index contributed by atoms with van der Waals surface area (Å²) < 4.78 is 0. The molecule has 2 unspecified atom stereocenters. The molecule has 0 aliphatic carbocycles. The van der Waals surface area contributed by atoms with Crippen molar-refractivity contribution in [3.8, 4) is 0 Å². The molecule has 150 valence electrons. The molecule has 28 heavy (non-hydrogen) atoms. The minimum Gasteiger partial charge on any atom is -0.363 e. The van der Waals surface area contributed by atoms with Crippen LogP contribution in [0.25, 0.3) is 0 Å². The molecule has 2 heterocycles. The highest BCUT2D eigenvalue weighted by Gasteiger charge is 2.29. The maximum atomic E-state index is 4.65. The molecule has 1 aliphatic rings. The van der Waals surface area contributed by atoms with Gasteiger partial charge in [0.15, 0.2) is 5.96 Å². The van der Waals surface area contributed by atoms with E-state index in [1.807, 2.05) is 44.2 Å². The minimum atomic E-state index is 0.394. The standard InChI is InChI=1S/C22H32N6/c1-17-13-20(16-28(17)15-18-9-6-5-7-10-18)26-22(23-2)24-14-19-11-8-12-21(25-19)27(3)4/h5-12,17,20H,13-16H2,1-4H3,(H2,23,24,26). The monoisotopic (exact) mass is 380 g/mol. The van der Waals surface area contributed by atoms with E-state index in [1.165, 1.54) is 5.56 Å². The summed E-state index contributed by atoms with van der Waals surface area (Å²) >= 11 is 0. The van der Waals surface area contributed by atoms with E-state index in [9.17, 15) is 0 Å². The van der Waals surface area contributed by atoms with Gasteiger partial charge in [-0.15, -0.1) is 0 Å². The molecule has 6 nitrogen and oxygen atoms in total. The summed E-state index contributed by atoms with van der Waals surface area (Å²) in [4.78, 5) is 13.6. The van der Waals surface area contributed by atoms with Crippen molar-refractivity contribution in [2.75, 3.05) is 32.6 Å². The highest BCUT2D eigenvalue weighted by molar-refractivity contribution is 5.80. The summed E-state index contributed by atoms with van der Waals surface area (Å²) in [6.07, 6.45) is 1.11. The fraction of sp³-hybridized carbons (Fsp3) is 0.455. The van der Waals surface area contributed by atoms with Gasteiger partial charge in [0.25, 0.3) is 0 Å². The van der Waals surface area contributed by atoms with E-state index >= 15 is 0 Å². The van der Waals surface area contributed by atoms with Crippen LogP contribution in [0.4, 0.5) is 5.82 Å². The third kappa shape index (κ3) is 5.45. The molecule has 1 fully saturated rings. The van der Waals surface area contributed by atoms with E-state index in [0.717, 1.165) is 37.0 Å². The topological polar surface area (TPSA) is 55.8 Å². The Hall–Kier alpha value is -2.60. The summed E-state index contributed by atoms with van der Waals surface area (Å²) in [6.45, 7) is 4.97. The number of likely N-dealkylation sites (tertiary alicyclic amines) is 1. The molecule has 0 amide bonds. The quantitative estimate of drug-likeness (QED) is 0.596.